The van der Waals surface area contributed by atoms with Gasteiger partial charge in [-0.15, -0.1) is 5.10 Å². The fourth-order valence-electron chi connectivity index (χ4n) is 3.25. The number of hydrogen-bond acceptors (Lipinski definition) is 5. The van der Waals surface area contributed by atoms with Crippen LogP contribution in [-0.2, 0) is 12.1 Å². The van der Waals surface area contributed by atoms with Crippen LogP contribution in [0.15, 0.2) is 24.4 Å². The van der Waals surface area contributed by atoms with Crippen molar-refractivity contribution in [3.63, 3.8) is 0 Å². The molecule has 1 unspecified atom stereocenters. The summed E-state index contributed by atoms with van der Waals surface area (Å²) in [7, 11) is 0. The third-order valence-corrected chi connectivity index (χ3v) is 4.65. The van der Waals surface area contributed by atoms with Gasteiger partial charge < -0.3 is 5.11 Å². The predicted octanol–water partition coefficient (Wildman–Crippen LogP) is 2.35. The molecule has 132 valence electrons. The lowest BCUT2D eigenvalue weighted by molar-refractivity contribution is -0.0414. The third kappa shape index (κ3) is 3.70. The van der Waals surface area contributed by atoms with Gasteiger partial charge in [0.2, 0.25) is 0 Å². The SMILES string of the molecule is CC(C)n1cc(C2(O)CCCN(Cc3cc(F)ccc3C#N)C2)nn1. The molecule has 25 heavy (non-hydrogen) atoms. The number of benzene rings is 1. The monoisotopic (exact) mass is 343 g/mol. The number of likely N-dealkylation sites (tertiary alicyclic amines) is 1. The van der Waals surface area contributed by atoms with Crippen molar-refractivity contribution in [1.29, 1.82) is 5.26 Å². The molecule has 0 saturated carbocycles. The van der Waals surface area contributed by atoms with Gasteiger partial charge in [0.05, 0.1) is 17.8 Å². The zero-order valence-corrected chi connectivity index (χ0v) is 14.5. The first-order chi connectivity index (χ1) is 11.9. The Balaban J connectivity index is 1.79. The molecule has 1 aromatic carbocycles. The maximum absolute atomic E-state index is 13.5. The van der Waals surface area contributed by atoms with Crippen LogP contribution in [0.5, 0.6) is 0 Å². The second-order valence-electron chi connectivity index (χ2n) is 6.94. The topological polar surface area (TPSA) is 78.0 Å². The van der Waals surface area contributed by atoms with Gasteiger partial charge in [0.1, 0.15) is 17.1 Å². The average molecular weight is 343 g/mol. The summed E-state index contributed by atoms with van der Waals surface area (Å²) in [6.07, 6.45) is 3.19. The standard InChI is InChI=1S/C18H22FN5O/c1-13(2)24-11-17(21-22-24)18(25)6-3-7-23(12-18)10-15-8-16(19)5-4-14(15)9-20/h4-5,8,11,13,25H,3,6-7,10,12H2,1-2H3. The molecule has 0 radical (unpaired) electrons. The largest absolute Gasteiger partial charge is 0.382 e. The van der Waals surface area contributed by atoms with Crippen LogP contribution < -0.4 is 0 Å². The normalized spacial score (nSPS) is 21.4. The van der Waals surface area contributed by atoms with Gasteiger partial charge in [-0.1, -0.05) is 5.21 Å². The molecule has 1 fully saturated rings. The molecule has 1 saturated heterocycles. The van der Waals surface area contributed by atoms with Crippen LogP contribution in [0.3, 0.4) is 0 Å². The first kappa shape index (κ1) is 17.5. The number of aliphatic hydroxyl groups is 1. The van der Waals surface area contributed by atoms with Crippen molar-refractivity contribution >= 4 is 0 Å². The highest BCUT2D eigenvalue weighted by molar-refractivity contribution is 5.37. The minimum atomic E-state index is -1.08. The zero-order valence-electron chi connectivity index (χ0n) is 14.5. The van der Waals surface area contributed by atoms with E-state index in [0.29, 0.717) is 36.3 Å². The van der Waals surface area contributed by atoms with Crippen molar-refractivity contribution in [2.75, 3.05) is 13.1 Å². The summed E-state index contributed by atoms with van der Waals surface area (Å²) in [5, 5.41) is 28.5. The fraction of sp³-hybridized carbons (Fsp3) is 0.500. The molecular formula is C18H22FN5O. The summed E-state index contributed by atoms with van der Waals surface area (Å²) in [6, 6.07) is 6.45. The van der Waals surface area contributed by atoms with Gasteiger partial charge >= 0.3 is 0 Å². The molecule has 0 spiro atoms. The number of β-amino-alcohol motifs (C(OH)–C–C–N with tert-alkyl or cyclic N) is 1. The molecule has 2 heterocycles. The number of nitrogens with zero attached hydrogens (tertiary/aromatic N) is 5. The number of halogens is 1. The van der Waals surface area contributed by atoms with Gasteiger partial charge in [-0.25, -0.2) is 9.07 Å². The maximum atomic E-state index is 13.5. The van der Waals surface area contributed by atoms with Crippen molar-refractivity contribution in [2.45, 2.75) is 44.9 Å². The quantitative estimate of drug-likeness (QED) is 0.922. The highest BCUT2D eigenvalue weighted by atomic mass is 19.1. The summed E-state index contributed by atoms with van der Waals surface area (Å²) in [6.45, 7) is 5.58. The Bertz CT molecular complexity index is 797. The van der Waals surface area contributed by atoms with Crippen molar-refractivity contribution in [2.24, 2.45) is 0 Å². The van der Waals surface area contributed by atoms with Crippen molar-refractivity contribution in [1.82, 2.24) is 19.9 Å². The lowest BCUT2D eigenvalue weighted by Gasteiger charge is -2.38. The number of nitriles is 1. The van der Waals surface area contributed by atoms with Crippen molar-refractivity contribution < 1.29 is 9.50 Å². The van der Waals surface area contributed by atoms with E-state index in [1.165, 1.54) is 18.2 Å². The average Bonchev–Trinajstić information content (AvgIpc) is 3.06. The molecule has 1 aliphatic heterocycles. The first-order valence-corrected chi connectivity index (χ1v) is 8.47. The zero-order chi connectivity index (χ0) is 18.0. The Morgan fingerprint density at radius 1 is 1.44 bits per heavy atom. The van der Waals surface area contributed by atoms with Gasteiger partial charge in [-0.05, 0) is 57.0 Å². The molecule has 1 aliphatic rings. The summed E-state index contributed by atoms with van der Waals surface area (Å²) >= 11 is 0. The molecule has 6 nitrogen and oxygen atoms in total. The molecule has 0 aliphatic carbocycles. The number of piperidine rings is 1. The van der Waals surface area contributed by atoms with E-state index in [4.69, 9.17) is 0 Å². The predicted molar refractivity (Wildman–Crippen MR) is 89.9 cm³/mol. The van der Waals surface area contributed by atoms with Crippen molar-refractivity contribution in [3.05, 3.63) is 47.0 Å². The van der Waals surface area contributed by atoms with E-state index in [1.54, 1.807) is 10.9 Å². The molecule has 3 rings (SSSR count). The molecule has 7 heteroatoms. The minimum absolute atomic E-state index is 0.176. The number of aromatic nitrogens is 3. The molecule has 2 aromatic rings. The van der Waals surface area contributed by atoms with Crippen LogP contribution in [-0.4, -0.2) is 38.1 Å². The third-order valence-electron chi connectivity index (χ3n) is 4.65. The molecule has 1 N–H and O–H groups in total. The van der Waals surface area contributed by atoms with Crippen LogP contribution in [0, 0.1) is 17.1 Å². The van der Waals surface area contributed by atoms with Crippen molar-refractivity contribution in [3.8, 4) is 6.07 Å². The Hall–Kier alpha value is -2.30. The Morgan fingerprint density at radius 2 is 2.24 bits per heavy atom. The van der Waals surface area contributed by atoms with E-state index in [2.05, 4.69) is 16.4 Å². The first-order valence-electron chi connectivity index (χ1n) is 8.47. The summed E-state index contributed by atoms with van der Waals surface area (Å²) in [5.74, 6) is -0.360. The Kier molecular flexibility index (Phi) is 4.84. The maximum Gasteiger partial charge on any atom is 0.123 e. The van der Waals surface area contributed by atoms with Crippen LogP contribution in [0.1, 0.15) is 49.6 Å². The van der Waals surface area contributed by atoms with Gasteiger partial charge in [0, 0.05) is 19.1 Å². The van der Waals surface area contributed by atoms with Crippen LogP contribution in [0.25, 0.3) is 0 Å². The van der Waals surface area contributed by atoms with Crippen LogP contribution >= 0.6 is 0 Å². The van der Waals surface area contributed by atoms with Gasteiger partial charge in [0.15, 0.2) is 0 Å². The summed E-state index contributed by atoms with van der Waals surface area (Å²) < 4.78 is 15.3. The molecule has 0 bridgehead atoms. The summed E-state index contributed by atoms with van der Waals surface area (Å²) in [4.78, 5) is 2.04. The fourth-order valence-corrected chi connectivity index (χ4v) is 3.25. The lowest BCUT2D eigenvalue weighted by atomic mass is 9.89. The van der Waals surface area contributed by atoms with E-state index in [1.807, 2.05) is 18.7 Å². The number of hydrogen-bond donors (Lipinski definition) is 1. The Labute approximate surface area is 146 Å². The highest BCUT2D eigenvalue weighted by Crippen LogP contribution is 2.31. The second-order valence-corrected chi connectivity index (χ2v) is 6.94. The summed E-state index contributed by atoms with van der Waals surface area (Å²) in [5.41, 5.74) is 0.579. The van der Waals surface area contributed by atoms with E-state index < -0.39 is 5.60 Å². The molecule has 1 aromatic heterocycles. The molecular weight excluding hydrogens is 321 g/mol. The van der Waals surface area contributed by atoms with E-state index in [0.717, 1.165) is 13.0 Å². The smallest absolute Gasteiger partial charge is 0.123 e. The second kappa shape index (κ2) is 6.90. The van der Waals surface area contributed by atoms with E-state index >= 15 is 0 Å². The van der Waals surface area contributed by atoms with E-state index in [9.17, 15) is 14.8 Å². The number of rotatable bonds is 4. The van der Waals surface area contributed by atoms with Crippen LogP contribution in [0.4, 0.5) is 4.39 Å². The highest BCUT2D eigenvalue weighted by Gasteiger charge is 2.37. The van der Waals surface area contributed by atoms with Gasteiger partial charge in [-0.2, -0.15) is 5.26 Å². The minimum Gasteiger partial charge on any atom is -0.382 e. The Morgan fingerprint density at radius 3 is 2.92 bits per heavy atom. The van der Waals surface area contributed by atoms with E-state index in [-0.39, 0.29) is 11.9 Å². The van der Waals surface area contributed by atoms with Crippen LogP contribution in [0.2, 0.25) is 0 Å². The van der Waals surface area contributed by atoms with Gasteiger partial charge in [0.25, 0.3) is 0 Å². The molecule has 1 atom stereocenters. The molecule has 0 amide bonds. The van der Waals surface area contributed by atoms with Gasteiger partial charge in [-0.3, -0.25) is 4.90 Å². The lowest BCUT2D eigenvalue weighted by Crippen LogP contribution is -2.46.